The van der Waals surface area contributed by atoms with E-state index in [2.05, 4.69) is 10.3 Å². The molecule has 0 saturated carbocycles. The van der Waals surface area contributed by atoms with Crippen LogP contribution in [0.4, 0.5) is 4.39 Å². The van der Waals surface area contributed by atoms with Crippen LogP contribution in [0.25, 0.3) is 10.9 Å². The summed E-state index contributed by atoms with van der Waals surface area (Å²) in [6.45, 7) is 0.750. The van der Waals surface area contributed by atoms with Crippen LogP contribution in [-0.4, -0.2) is 22.0 Å². The number of rotatable bonds is 5. The van der Waals surface area contributed by atoms with Crippen LogP contribution in [0.3, 0.4) is 0 Å². The van der Waals surface area contributed by atoms with Crippen LogP contribution >= 0.6 is 0 Å². The Labute approximate surface area is 127 Å². The number of hydrogen-bond acceptors (Lipinski definition) is 2. The second kappa shape index (κ2) is 6.39. The molecule has 22 heavy (non-hydrogen) atoms. The minimum absolute atomic E-state index is 0.0872. The Balaban J connectivity index is 1.58. The largest absolute Gasteiger partial charge is 0.354 e. The van der Waals surface area contributed by atoms with E-state index in [0.29, 0.717) is 6.54 Å². The summed E-state index contributed by atoms with van der Waals surface area (Å²) in [4.78, 5) is 15.9. The number of aromatic nitrogens is 2. The molecule has 4 nitrogen and oxygen atoms in total. The number of nitrogens with zero attached hydrogens (tertiary/aromatic N) is 2. The molecule has 0 radical (unpaired) electrons. The molecule has 1 N–H and O–H groups in total. The Morgan fingerprint density at radius 3 is 2.82 bits per heavy atom. The molecule has 1 aromatic carbocycles. The highest BCUT2D eigenvalue weighted by molar-refractivity contribution is 5.83. The number of nitrogens with one attached hydrogen (secondary N) is 1. The van der Waals surface area contributed by atoms with E-state index >= 15 is 0 Å². The first kappa shape index (κ1) is 14.3. The first-order valence-corrected chi connectivity index (χ1v) is 7.12. The summed E-state index contributed by atoms with van der Waals surface area (Å²) in [7, 11) is 0. The summed E-state index contributed by atoms with van der Waals surface area (Å²) in [5.41, 5.74) is 1.85. The average molecular weight is 297 g/mol. The van der Waals surface area contributed by atoms with Gasteiger partial charge in [-0.05, 0) is 53.8 Å². The maximum atomic E-state index is 13.3. The van der Waals surface area contributed by atoms with Gasteiger partial charge in [-0.2, -0.15) is 0 Å². The van der Waals surface area contributed by atoms with Gasteiger partial charge in [0.2, 0.25) is 5.91 Å². The summed E-state index contributed by atoms with van der Waals surface area (Å²) in [6.07, 6.45) is 6.02. The van der Waals surface area contributed by atoms with Crippen LogP contribution in [0.15, 0.2) is 55.0 Å². The predicted molar refractivity (Wildman–Crippen MR) is 82.8 cm³/mol. The number of hydrogen-bond donors (Lipinski definition) is 1. The van der Waals surface area contributed by atoms with Crippen LogP contribution in [0.5, 0.6) is 0 Å². The number of halogens is 1. The van der Waals surface area contributed by atoms with Crippen molar-refractivity contribution < 1.29 is 9.18 Å². The highest BCUT2D eigenvalue weighted by Gasteiger charge is 2.07. The molecule has 0 saturated heterocycles. The minimum Gasteiger partial charge on any atom is -0.354 e. The monoisotopic (exact) mass is 297 g/mol. The van der Waals surface area contributed by atoms with Gasteiger partial charge in [-0.15, -0.1) is 0 Å². The number of carbonyl (C=O) groups is 1. The fourth-order valence-corrected chi connectivity index (χ4v) is 2.40. The molecule has 0 aliphatic rings. The third-order valence-electron chi connectivity index (χ3n) is 3.54. The molecule has 2 heterocycles. The molecule has 0 fully saturated rings. The van der Waals surface area contributed by atoms with Crippen molar-refractivity contribution >= 4 is 16.8 Å². The van der Waals surface area contributed by atoms with Gasteiger partial charge in [0, 0.05) is 25.1 Å². The Morgan fingerprint density at radius 1 is 1.18 bits per heavy atom. The second-order valence-corrected chi connectivity index (χ2v) is 5.10. The van der Waals surface area contributed by atoms with Gasteiger partial charge in [-0.25, -0.2) is 4.39 Å². The molecule has 0 aliphatic carbocycles. The molecule has 112 valence electrons. The van der Waals surface area contributed by atoms with E-state index < -0.39 is 0 Å². The first-order chi connectivity index (χ1) is 10.7. The summed E-state index contributed by atoms with van der Waals surface area (Å²) < 4.78 is 15.1. The van der Waals surface area contributed by atoms with Crippen molar-refractivity contribution in [2.75, 3.05) is 6.54 Å². The number of benzene rings is 1. The standard InChI is InChI=1S/C17H16FN3O/c18-15-2-1-14-6-10-21(16(14)11-15)12-17(22)20-9-5-13-3-7-19-8-4-13/h1-4,6-8,10-11H,5,9,12H2,(H,20,22). The summed E-state index contributed by atoms with van der Waals surface area (Å²) in [5.74, 6) is -0.388. The van der Waals surface area contributed by atoms with Crippen molar-refractivity contribution in [2.45, 2.75) is 13.0 Å². The molecule has 0 bridgehead atoms. The zero-order valence-electron chi connectivity index (χ0n) is 12.0. The van der Waals surface area contributed by atoms with E-state index in [-0.39, 0.29) is 18.3 Å². The van der Waals surface area contributed by atoms with E-state index in [0.717, 1.165) is 22.9 Å². The molecule has 3 aromatic rings. The van der Waals surface area contributed by atoms with Crippen molar-refractivity contribution in [3.63, 3.8) is 0 Å². The van der Waals surface area contributed by atoms with Crippen LogP contribution in [0.1, 0.15) is 5.56 Å². The van der Waals surface area contributed by atoms with E-state index in [1.54, 1.807) is 29.2 Å². The maximum Gasteiger partial charge on any atom is 0.239 e. The smallest absolute Gasteiger partial charge is 0.239 e. The minimum atomic E-state index is -0.300. The lowest BCUT2D eigenvalue weighted by molar-refractivity contribution is -0.121. The van der Waals surface area contributed by atoms with Gasteiger partial charge in [0.15, 0.2) is 0 Å². The molecule has 5 heteroatoms. The zero-order chi connectivity index (χ0) is 15.4. The molecule has 0 spiro atoms. The Hall–Kier alpha value is -2.69. The molecule has 1 amide bonds. The second-order valence-electron chi connectivity index (χ2n) is 5.10. The van der Waals surface area contributed by atoms with Crippen LogP contribution < -0.4 is 5.32 Å². The quantitative estimate of drug-likeness (QED) is 0.786. The van der Waals surface area contributed by atoms with E-state index in [4.69, 9.17) is 0 Å². The van der Waals surface area contributed by atoms with Crippen LogP contribution in [0.2, 0.25) is 0 Å². The van der Waals surface area contributed by atoms with Crippen molar-refractivity contribution in [1.82, 2.24) is 14.9 Å². The first-order valence-electron chi connectivity index (χ1n) is 7.12. The van der Waals surface area contributed by atoms with E-state index in [1.807, 2.05) is 18.2 Å². The van der Waals surface area contributed by atoms with Crippen molar-refractivity contribution in [3.8, 4) is 0 Å². The summed E-state index contributed by atoms with van der Waals surface area (Å²) in [5, 5.41) is 3.80. The maximum absolute atomic E-state index is 13.3. The third-order valence-corrected chi connectivity index (χ3v) is 3.54. The average Bonchev–Trinajstić information content (AvgIpc) is 2.90. The summed E-state index contributed by atoms with van der Waals surface area (Å²) >= 11 is 0. The van der Waals surface area contributed by atoms with Crippen LogP contribution in [-0.2, 0) is 17.8 Å². The predicted octanol–water partition coefficient (Wildman–Crippen LogP) is 2.53. The van der Waals surface area contributed by atoms with Gasteiger partial charge in [-0.1, -0.05) is 0 Å². The SMILES string of the molecule is O=C(Cn1ccc2ccc(F)cc21)NCCc1ccncc1. The van der Waals surface area contributed by atoms with Crippen molar-refractivity contribution in [3.05, 3.63) is 66.4 Å². The Bertz CT molecular complexity index is 783. The molecule has 0 atom stereocenters. The van der Waals surface area contributed by atoms with Gasteiger partial charge >= 0.3 is 0 Å². The van der Waals surface area contributed by atoms with Gasteiger partial charge in [0.05, 0.1) is 5.52 Å². The lowest BCUT2D eigenvalue weighted by Gasteiger charge is -2.07. The number of fused-ring (bicyclic) bond motifs is 1. The van der Waals surface area contributed by atoms with Crippen molar-refractivity contribution in [1.29, 1.82) is 0 Å². The highest BCUT2D eigenvalue weighted by atomic mass is 19.1. The Kier molecular flexibility index (Phi) is 4.14. The number of carbonyl (C=O) groups excluding carboxylic acids is 1. The van der Waals surface area contributed by atoms with Gasteiger partial charge in [0.25, 0.3) is 0 Å². The fourth-order valence-electron chi connectivity index (χ4n) is 2.40. The summed E-state index contributed by atoms with van der Waals surface area (Å²) in [6, 6.07) is 10.3. The van der Waals surface area contributed by atoms with Gasteiger partial charge < -0.3 is 9.88 Å². The van der Waals surface area contributed by atoms with Crippen LogP contribution in [0, 0.1) is 5.82 Å². The van der Waals surface area contributed by atoms with E-state index in [1.165, 1.54) is 12.1 Å². The van der Waals surface area contributed by atoms with Crippen molar-refractivity contribution in [2.24, 2.45) is 0 Å². The molecule has 2 aromatic heterocycles. The molecule has 0 aliphatic heterocycles. The molecular formula is C17H16FN3O. The van der Waals surface area contributed by atoms with Gasteiger partial charge in [0.1, 0.15) is 12.4 Å². The zero-order valence-corrected chi connectivity index (χ0v) is 12.0. The Morgan fingerprint density at radius 2 is 2.00 bits per heavy atom. The fraction of sp³-hybridized carbons (Fsp3) is 0.176. The third kappa shape index (κ3) is 3.31. The number of pyridine rings is 1. The lowest BCUT2D eigenvalue weighted by Crippen LogP contribution is -2.29. The lowest BCUT2D eigenvalue weighted by atomic mass is 10.2. The topological polar surface area (TPSA) is 46.9 Å². The van der Waals surface area contributed by atoms with Gasteiger partial charge in [-0.3, -0.25) is 9.78 Å². The highest BCUT2D eigenvalue weighted by Crippen LogP contribution is 2.16. The molecule has 3 rings (SSSR count). The molecule has 0 unspecified atom stereocenters. The van der Waals surface area contributed by atoms with E-state index in [9.17, 15) is 9.18 Å². The number of amides is 1. The normalized spacial score (nSPS) is 10.8. The molecular weight excluding hydrogens is 281 g/mol.